The summed E-state index contributed by atoms with van der Waals surface area (Å²) in [5.74, 6) is -0.915. The first kappa shape index (κ1) is 32.5. The molecule has 4 heteroatoms. The van der Waals surface area contributed by atoms with Crippen LogP contribution in [0.25, 0.3) is 6.08 Å². The number of hydrogen-bond donors (Lipinski definition) is 2. The molecule has 0 saturated heterocycles. The number of benzene rings is 1. The van der Waals surface area contributed by atoms with Crippen LogP contribution in [0.3, 0.4) is 0 Å². The molecule has 2 N–H and O–H groups in total. The van der Waals surface area contributed by atoms with E-state index >= 15 is 0 Å². The maximum Gasteiger partial charge on any atom is 0.328 e. The number of carboxylic acid groups (broad SMARTS) is 1. The lowest BCUT2D eigenvalue weighted by Gasteiger charge is -2.26. The first-order chi connectivity index (χ1) is 17.5. The Kier molecular flexibility index (Phi) is 19.4. The summed E-state index contributed by atoms with van der Waals surface area (Å²) in [6.45, 7) is 8.44. The van der Waals surface area contributed by atoms with Gasteiger partial charge in [-0.25, -0.2) is 4.79 Å². The highest BCUT2D eigenvalue weighted by atomic mass is 28.3. The fraction of sp³-hybridized carbons (Fsp3) is 0.719. The molecule has 1 unspecified atom stereocenters. The Morgan fingerprint density at radius 1 is 0.750 bits per heavy atom. The van der Waals surface area contributed by atoms with Gasteiger partial charge in [0.15, 0.2) is 0 Å². The maximum atomic E-state index is 10.6. The fourth-order valence-corrected chi connectivity index (χ4v) is 8.18. The van der Waals surface area contributed by atoms with E-state index in [4.69, 9.17) is 5.11 Å². The van der Waals surface area contributed by atoms with E-state index in [1.165, 1.54) is 115 Å². The standard InChI is InChI=1S/C32H57NO2Si/c1-4-6-7-19-28-36(3,5-2)29-20-17-15-13-11-9-8-10-12-14-16-18-27-33-31-24-21-30(22-25-31)23-26-32(34)35/h21-26,33H,4-20,27-29H2,1-3H3,(H,34,35). The fourth-order valence-electron chi connectivity index (χ4n) is 5.01. The van der Waals surface area contributed by atoms with E-state index in [2.05, 4.69) is 25.7 Å². The zero-order valence-electron chi connectivity index (χ0n) is 24.0. The molecule has 0 fully saturated rings. The molecule has 1 aromatic carbocycles. The predicted molar refractivity (Wildman–Crippen MR) is 163 cm³/mol. The smallest absolute Gasteiger partial charge is 0.328 e. The summed E-state index contributed by atoms with van der Waals surface area (Å²) in [5.41, 5.74) is 2.01. The van der Waals surface area contributed by atoms with Crippen LogP contribution in [-0.2, 0) is 4.79 Å². The highest BCUT2D eigenvalue weighted by molar-refractivity contribution is 6.78. The Morgan fingerprint density at radius 2 is 1.22 bits per heavy atom. The second-order valence-corrected chi connectivity index (χ2v) is 16.5. The minimum Gasteiger partial charge on any atom is -0.478 e. The summed E-state index contributed by atoms with van der Waals surface area (Å²) in [6.07, 6.45) is 25.3. The lowest BCUT2D eigenvalue weighted by Crippen LogP contribution is -2.28. The third-order valence-electron chi connectivity index (χ3n) is 7.85. The molecular weight excluding hydrogens is 458 g/mol. The highest BCUT2D eigenvalue weighted by Gasteiger charge is 2.23. The molecule has 0 saturated carbocycles. The molecule has 1 rings (SSSR count). The summed E-state index contributed by atoms with van der Waals surface area (Å²) in [7, 11) is -0.924. The van der Waals surface area contributed by atoms with Crippen LogP contribution in [0.2, 0.25) is 24.7 Å². The molecule has 0 amide bonds. The van der Waals surface area contributed by atoms with E-state index < -0.39 is 14.0 Å². The number of unbranched alkanes of at least 4 members (excludes halogenated alkanes) is 14. The van der Waals surface area contributed by atoms with Crippen molar-refractivity contribution in [1.82, 2.24) is 0 Å². The zero-order chi connectivity index (χ0) is 26.3. The van der Waals surface area contributed by atoms with Gasteiger partial charge in [-0.3, -0.25) is 0 Å². The van der Waals surface area contributed by atoms with Crippen molar-refractivity contribution in [2.75, 3.05) is 11.9 Å². The summed E-state index contributed by atoms with van der Waals surface area (Å²) >= 11 is 0. The third-order valence-corrected chi connectivity index (χ3v) is 12.7. The van der Waals surface area contributed by atoms with Crippen LogP contribution in [0, 0.1) is 0 Å². The topological polar surface area (TPSA) is 49.3 Å². The van der Waals surface area contributed by atoms with Crippen molar-refractivity contribution in [2.24, 2.45) is 0 Å². The van der Waals surface area contributed by atoms with Crippen molar-refractivity contribution in [3.63, 3.8) is 0 Å². The molecule has 0 aliphatic rings. The first-order valence-electron chi connectivity index (χ1n) is 15.2. The molecule has 0 spiro atoms. The van der Waals surface area contributed by atoms with Crippen molar-refractivity contribution < 1.29 is 9.90 Å². The molecule has 0 aliphatic carbocycles. The number of carboxylic acids is 1. The van der Waals surface area contributed by atoms with Gasteiger partial charge < -0.3 is 10.4 Å². The number of anilines is 1. The molecule has 206 valence electrons. The van der Waals surface area contributed by atoms with Gasteiger partial charge in [0.25, 0.3) is 0 Å². The number of nitrogens with one attached hydrogen (secondary N) is 1. The lowest BCUT2D eigenvalue weighted by molar-refractivity contribution is -0.131. The number of aliphatic carboxylic acids is 1. The van der Waals surface area contributed by atoms with Crippen LogP contribution in [0.15, 0.2) is 30.3 Å². The SMILES string of the molecule is CCCCCC[Si](C)(CC)CCCCCCCCCCCCCCNc1ccc(C=CC(=O)O)cc1. The number of hydrogen-bond acceptors (Lipinski definition) is 2. The van der Waals surface area contributed by atoms with Crippen LogP contribution in [-0.4, -0.2) is 25.7 Å². The first-order valence-corrected chi connectivity index (χ1v) is 18.4. The minimum atomic E-state index is -0.924. The quantitative estimate of drug-likeness (QED) is 0.0817. The Labute approximate surface area is 224 Å². The Balaban J connectivity index is 1.89. The molecule has 0 aromatic heterocycles. The van der Waals surface area contributed by atoms with Gasteiger partial charge in [0.1, 0.15) is 0 Å². The van der Waals surface area contributed by atoms with Crippen LogP contribution < -0.4 is 5.32 Å². The van der Waals surface area contributed by atoms with Gasteiger partial charge in [0.05, 0.1) is 8.07 Å². The third kappa shape index (κ3) is 17.8. The van der Waals surface area contributed by atoms with Gasteiger partial charge in [0.2, 0.25) is 0 Å². The summed E-state index contributed by atoms with van der Waals surface area (Å²) in [4.78, 5) is 10.6. The Bertz CT molecular complexity index is 688. The second kappa shape index (κ2) is 21.5. The van der Waals surface area contributed by atoms with E-state index in [1.807, 2.05) is 24.3 Å². The van der Waals surface area contributed by atoms with Gasteiger partial charge in [-0.15, -0.1) is 0 Å². The van der Waals surface area contributed by atoms with E-state index in [0.29, 0.717) is 0 Å². The highest BCUT2D eigenvalue weighted by Crippen LogP contribution is 2.27. The lowest BCUT2D eigenvalue weighted by atomic mass is 10.1. The number of carbonyl (C=O) groups is 1. The van der Waals surface area contributed by atoms with Crippen LogP contribution in [0.4, 0.5) is 5.69 Å². The van der Waals surface area contributed by atoms with Gasteiger partial charge in [-0.05, 0) is 30.2 Å². The van der Waals surface area contributed by atoms with Gasteiger partial charge in [-0.2, -0.15) is 0 Å². The van der Waals surface area contributed by atoms with Crippen molar-refractivity contribution in [1.29, 1.82) is 0 Å². The van der Waals surface area contributed by atoms with Crippen LogP contribution in [0.1, 0.15) is 122 Å². The largest absolute Gasteiger partial charge is 0.478 e. The van der Waals surface area contributed by atoms with E-state index in [9.17, 15) is 4.79 Å². The molecule has 0 bridgehead atoms. The number of rotatable bonds is 24. The van der Waals surface area contributed by atoms with Crippen molar-refractivity contribution >= 4 is 25.8 Å². The van der Waals surface area contributed by atoms with Crippen molar-refractivity contribution in [2.45, 2.75) is 141 Å². The summed E-state index contributed by atoms with van der Waals surface area (Å²) < 4.78 is 0. The van der Waals surface area contributed by atoms with Crippen molar-refractivity contribution in [3.05, 3.63) is 35.9 Å². The Morgan fingerprint density at radius 3 is 1.69 bits per heavy atom. The van der Waals surface area contributed by atoms with Crippen molar-refractivity contribution in [3.8, 4) is 0 Å². The molecule has 0 heterocycles. The van der Waals surface area contributed by atoms with Gasteiger partial charge >= 0.3 is 5.97 Å². The Hall–Kier alpha value is -1.55. The van der Waals surface area contributed by atoms with E-state index in [1.54, 1.807) is 18.2 Å². The second-order valence-electron chi connectivity index (χ2n) is 11.2. The van der Waals surface area contributed by atoms with E-state index in [-0.39, 0.29) is 0 Å². The van der Waals surface area contributed by atoms with Crippen LogP contribution in [0.5, 0.6) is 0 Å². The molecule has 0 radical (unpaired) electrons. The summed E-state index contributed by atoms with van der Waals surface area (Å²) in [5, 5.41) is 12.1. The minimum absolute atomic E-state index is 0.910. The summed E-state index contributed by atoms with van der Waals surface area (Å²) in [6, 6.07) is 12.6. The monoisotopic (exact) mass is 515 g/mol. The average molecular weight is 516 g/mol. The van der Waals surface area contributed by atoms with Crippen LogP contribution >= 0.6 is 0 Å². The average Bonchev–Trinajstić information content (AvgIpc) is 2.88. The molecule has 0 aliphatic heterocycles. The molecule has 3 nitrogen and oxygen atoms in total. The molecular formula is C32H57NO2Si. The predicted octanol–water partition coefficient (Wildman–Crippen LogP) is 10.6. The maximum absolute atomic E-state index is 10.6. The molecule has 1 atom stereocenters. The molecule has 36 heavy (non-hydrogen) atoms. The van der Waals surface area contributed by atoms with Gasteiger partial charge in [-0.1, -0.05) is 147 Å². The zero-order valence-corrected chi connectivity index (χ0v) is 25.0. The normalized spacial score (nSPS) is 13.2. The molecule has 1 aromatic rings. The van der Waals surface area contributed by atoms with Gasteiger partial charge in [0, 0.05) is 18.3 Å². The van der Waals surface area contributed by atoms with E-state index in [0.717, 1.165) is 17.8 Å².